The van der Waals surface area contributed by atoms with Crippen molar-refractivity contribution < 1.29 is 17.9 Å². The van der Waals surface area contributed by atoms with Crippen molar-refractivity contribution >= 4 is 21.6 Å². The molecule has 6 nitrogen and oxygen atoms in total. The van der Waals surface area contributed by atoms with Gasteiger partial charge in [0.1, 0.15) is 0 Å². The summed E-state index contributed by atoms with van der Waals surface area (Å²) in [5.74, 6) is -0.189. The molecule has 1 fully saturated rings. The summed E-state index contributed by atoms with van der Waals surface area (Å²) in [6, 6.07) is 12.0. The van der Waals surface area contributed by atoms with Gasteiger partial charge in [-0.1, -0.05) is 18.2 Å². The summed E-state index contributed by atoms with van der Waals surface area (Å²) in [6.45, 7) is 2.00. The maximum atomic E-state index is 12.9. The second-order valence-corrected chi connectivity index (χ2v) is 8.52. The van der Waals surface area contributed by atoms with Gasteiger partial charge >= 0.3 is 0 Å². The van der Waals surface area contributed by atoms with Crippen molar-refractivity contribution in [3.05, 3.63) is 59.2 Å². The molecule has 1 heterocycles. The van der Waals surface area contributed by atoms with Gasteiger partial charge in [0.25, 0.3) is 15.9 Å². The van der Waals surface area contributed by atoms with Gasteiger partial charge in [0.2, 0.25) is 0 Å². The fourth-order valence-electron chi connectivity index (χ4n) is 3.61. The lowest BCUT2D eigenvalue weighted by Gasteiger charge is -2.27. The molecule has 2 aliphatic rings. The summed E-state index contributed by atoms with van der Waals surface area (Å²) in [4.78, 5) is 14.8. The molecule has 0 aromatic heterocycles. The predicted octanol–water partition coefficient (Wildman–Crippen LogP) is 2.45. The third-order valence-electron chi connectivity index (χ3n) is 5.08. The minimum Gasteiger partial charge on any atom is -0.378 e. The lowest BCUT2D eigenvalue weighted by molar-refractivity contribution is 0.0303. The van der Waals surface area contributed by atoms with E-state index in [1.54, 1.807) is 41.3 Å². The van der Waals surface area contributed by atoms with Crippen molar-refractivity contribution in [3.63, 3.8) is 0 Å². The molecular formula is C20H22N2O4S. The van der Waals surface area contributed by atoms with Crippen LogP contribution in [0.1, 0.15) is 27.9 Å². The maximum absolute atomic E-state index is 12.9. The minimum absolute atomic E-state index is 0.189. The number of morpholine rings is 1. The second-order valence-electron chi connectivity index (χ2n) is 6.84. The number of nitrogens with one attached hydrogen (secondary N) is 1. The lowest BCUT2D eigenvalue weighted by atomic mass is 10.1. The maximum Gasteiger partial charge on any atom is 0.261 e. The van der Waals surface area contributed by atoms with Crippen molar-refractivity contribution in [1.29, 1.82) is 0 Å². The van der Waals surface area contributed by atoms with E-state index in [1.165, 1.54) is 5.56 Å². The number of carbonyl (C=O) groups is 1. The van der Waals surface area contributed by atoms with Crippen LogP contribution in [-0.4, -0.2) is 45.5 Å². The first-order valence-corrected chi connectivity index (χ1v) is 10.6. The van der Waals surface area contributed by atoms with Crippen LogP contribution in [0.3, 0.4) is 0 Å². The zero-order chi connectivity index (χ0) is 18.9. The number of nitrogens with zero attached hydrogens (tertiary/aromatic N) is 1. The van der Waals surface area contributed by atoms with E-state index in [1.807, 2.05) is 6.07 Å². The highest BCUT2D eigenvalue weighted by atomic mass is 32.2. The van der Waals surface area contributed by atoms with Crippen LogP contribution in [0.4, 0.5) is 5.69 Å². The topological polar surface area (TPSA) is 75.7 Å². The molecule has 7 heteroatoms. The summed E-state index contributed by atoms with van der Waals surface area (Å²) < 4.78 is 33.7. The monoisotopic (exact) mass is 386 g/mol. The number of fused-ring (bicyclic) bond motifs is 1. The van der Waals surface area contributed by atoms with Gasteiger partial charge in [0.05, 0.1) is 29.4 Å². The Kier molecular flexibility index (Phi) is 4.88. The van der Waals surface area contributed by atoms with Gasteiger partial charge in [0, 0.05) is 13.1 Å². The molecule has 4 rings (SSSR count). The quantitative estimate of drug-likeness (QED) is 0.876. The van der Waals surface area contributed by atoms with Gasteiger partial charge in [-0.05, 0) is 54.7 Å². The van der Waals surface area contributed by atoms with Gasteiger partial charge in [-0.2, -0.15) is 0 Å². The Balaban J connectivity index is 1.61. The van der Waals surface area contributed by atoms with Crippen molar-refractivity contribution in [1.82, 2.24) is 4.90 Å². The molecule has 1 aliphatic carbocycles. The van der Waals surface area contributed by atoms with Gasteiger partial charge < -0.3 is 9.64 Å². The Morgan fingerprint density at radius 1 is 1.00 bits per heavy atom. The average molecular weight is 386 g/mol. The fraction of sp³-hybridized carbons (Fsp3) is 0.350. The molecule has 1 amide bonds. The van der Waals surface area contributed by atoms with E-state index < -0.39 is 10.0 Å². The lowest BCUT2D eigenvalue weighted by Crippen LogP contribution is -2.41. The van der Waals surface area contributed by atoms with Gasteiger partial charge in [-0.25, -0.2) is 8.42 Å². The summed E-state index contributed by atoms with van der Waals surface area (Å²) in [5, 5.41) is 0. The third kappa shape index (κ3) is 3.70. The Morgan fingerprint density at radius 2 is 1.74 bits per heavy atom. The molecule has 1 N–H and O–H groups in total. The Bertz CT molecular complexity index is 966. The van der Waals surface area contributed by atoms with E-state index in [-0.39, 0.29) is 10.8 Å². The highest BCUT2D eigenvalue weighted by Crippen LogP contribution is 2.27. The van der Waals surface area contributed by atoms with Crippen LogP contribution in [0.5, 0.6) is 0 Å². The molecule has 27 heavy (non-hydrogen) atoms. The SMILES string of the molecule is O=C(c1ccccc1NS(=O)(=O)c1ccc2c(c1)CCC2)N1CCOCC1. The van der Waals surface area contributed by atoms with E-state index in [2.05, 4.69) is 4.72 Å². The zero-order valence-corrected chi connectivity index (χ0v) is 15.8. The Hall–Kier alpha value is -2.38. The van der Waals surface area contributed by atoms with Gasteiger partial charge in [-0.3, -0.25) is 9.52 Å². The molecule has 1 saturated heterocycles. The van der Waals surface area contributed by atoms with E-state index in [0.29, 0.717) is 37.6 Å². The first-order valence-electron chi connectivity index (χ1n) is 9.15. The molecule has 0 radical (unpaired) electrons. The minimum atomic E-state index is -3.77. The highest BCUT2D eigenvalue weighted by molar-refractivity contribution is 7.92. The van der Waals surface area contributed by atoms with Crippen LogP contribution >= 0.6 is 0 Å². The number of benzene rings is 2. The number of carbonyl (C=O) groups excluding carboxylic acids is 1. The first kappa shape index (κ1) is 18.0. The molecule has 0 unspecified atom stereocenters. The van der Waals surface area contributed by atoms with E-state index in [0.717, 1.165) is 24.8 Å². The number of amides is 1. The number of hydrogen-bond donors (Lipinski definition) is 1. The number of sulfonamides is 1. The van der Waals surface area contributed by atoms with Crippen molar-refractivity contribution in [2.75, 3.05) is 31.0 Å². The standard InChI is InChI=1S/C20H22N2O4S/c23-20(22-10-12-26-13-11-22)18-6-1-2-7-19(18)21-27(24,25)17-9-8-15-4-3-5-16(15)14-17/h1-2,6-9,14,21H,3-5,10-13H2. The van der Waals surface area contributed by atoms with E-state index in [4.69, 9.17) is 4.74 Å². The number of hydrogen-bond acceptors (Lipinski definition) is 4. The van der Waals surface area contributed by atoms with Crippen molar-refractivity contribution in [2.24, 2.45) is 0 Å². The van der Waals surface area contributed by atoms with Crippen molar-refractivity contribution in [3.8, 4) is 0 Å². The smallest absolute Gasteiger partial charge is 0.261 e. The molecule has 0 bridgehead atoms. The predicted molar refractivity (Wildman–Crippen MR) is 102 cm³/mol. The van der Waals surface area contributed by atoms with Crippen LogP contribution in [0.2, 0.25) is 0 Å². The third-order valence-corrected chi connectivity index (χ3v) is 6.44. The molecule has 142 valence electrons. The Morgan fingerprint density at radius 3 is 2.56 bits per heavy atom. The summed E-state index contributed by atoms with van der Waals surface area (Å²) in [7, 11) is -3.77. The molecule has 0 spiro atoms. The second kappa shape index (κ2) is 7.32. The van der Waals surface area contributed by atoms with Crippen molar-refractivity contribution in [2.45, 2.75) is 24.2 Å². The van der Waals surface area contributed by atoms with Gasteiger partial charge in [0.15, 0.2) is 0 Å². The largest absolute Gasteiger partial charge is 0.378 e. The normalized spacial score (nSPS) is 16.8. The van der Waals surface area contributed by atoms with E-state index >= 15 is 0 Å². The summed E-state index contributed by atoms with van der Waals surface area (Å²) in [5.41, 5.74) is 2.96. The molecule has 0 saturated carbocycles. The number of rotatable bonds is 4. The molecule has 2 aromatic rings. The van der Waals surface area contributed by atoms with Crippen LogP contribution in [0.25, 0.3) is 0 Å². The summed E-state index contributed by atoms with van der Waals surface area (Å²) >= 11 is 0. The molecule has 2 aromatic carbocycles. The van der Waals surface area contributed by atoms with Crippen LogP contribution < -0.4 is 4.72 Å². The molecule has 1 aliphatic heterocycles. The average Bonchev–Trinajstić information content (AvgIpc) is 3.16. The number of aryl methyl sites for hydroxylation is 2. The number of ether oxygens (including phenoxy) is 1. The summed E-state index contributed by atoms with van der Waals surface area (Å²) in [6.07, 6.45) is 2.97. The van der Waals surface area contributed by atoms with Crippen LogP contribution in [0.15, 0.2) is 47.4 Å². The van der Waals surface area contributed by atoms with Crippen LogP contribution in [0, 0.1) is 0 Å². The molecule has 0 atom stereocenters. The fourth-order valence-corrected chi connectivity index (χ4v) is 4.74. The number of anilines is 1. The number of para-hydroxylation sites is 1. The molecular weight excluding hydrogens is 364 g/mol. The van der Waals surface area contributed by atoms with Gasteiger partial charge in [-0.15, -0.1) is 0 Å². The first-order chi connectivity index (χ1) is 13.0. The Labute approximate surface area is 159 Å². The highest BCUT2D eigenvalue weighted by Gasteiger charge is 2.24. The zero-order valence-electron chi connectivity index (χ0n) is 15.0. The van der Waals surface area contributed by atoms with Crippen LogP contribution in [-0.2, 0) is 27.6 Å². The van der Waals surface area contributed by atoms with E-state index in [9.17, 15) is 13.2 Å².